The molecule has 120 valence electrons. The molecule has 3 heterocycles. The van der Waals surface area contributed by atoms with Crippen LogP contribution >= 0.6 is 0 Å². The van der Waals surface area contributed by atoms with Crippen molar-refractivity contribution in [3.63, 3.8) is 0 Å². The van der Waals surface area contributed by atoms with Gasteiger partial charge in [0.1, 0.15) is 11.9 Å². The first-order chi connectivity index (χ1) is 11.1. The van der Waals surface area contributed by atoms with Crippen molar-refractivity contribution in [2.24, 2.45) is 5.92 Å². The lowest BCUT2D eigenvalue weighted by Crippen LogP contribution is -2.36. The van der Waals surface area contributed by atoms with Crippen molar-refractivity contribution in [1.29, 1.82) is 0 Å². The van der Waals surface area contributed by atoms with Gasteiger partial charge in [-0.3, -0.25) is 4.79 Å². The summed E-state index contributed by atoms with van der Waals surface area (Å²) in [4.78, 5) is 27.2. The summed E-state index contributed by atoms with van der Waals surface area (Å²) in [5.41, 5.74) is 2.53. The van der Waals surface area contributed by atoms with Crippen LogP contribution in [-0.4, -0.2) is 38.9 Å². The van der Waals surface area contributed by atoms with Gasteiger partial charge in [0, 0.05) is 18.9 Å². The van der Waals surface area contributed by atoms with Gasteiger partial charge in [-0.25, -0.2) is 15.0 Å². The second-order valence-electron chi connectivity index (χ2n) is 6.03. The van der Waals surface area contributed by atoms with E-state index in [1.807, 2.05) is 6.20 Å². The van der Waals surface area contributed by atoms with Crippen molar-refractivity contribution in [2.45, 2.75) is 26.8 Å². The number of fused-ring (bicyclic) bond motifs is 1. The van der Waals surface area contributed by atoms with Crippen LogP contribution in [0.4, 0.5) is 0 Å². The highest BCUT2D eigenvalue weighted by atomic mass is 16.5. The van der Waals surface area contributed by atoms with Gasteiger partial charge >= 0.3 is 0 Å². The summed E-state index contributed by atoms with van der Waals surface area (Å²) < 4.78 is 5.70. The van der Waals surface area contributed by atoms with Crippen LogP contribution in [0.3, 0.4) is 0 Å². The van der Waals surface area contributed by atoms with E-state index in [2.05, 4.69) is 28.8 Å². The molecule has 0 fully saturated rings. The van der Waals surface area contributed by atoms with Gasteiger partial charge in [-0.1, -0.05) is 13.8 Å². The number of hydrogen-bond acceptors (Lipinski definition) is 5. The maximum atomic E-state index is 12.8. The lowest BCUT2D eigenvalue weighted by Gasteiger charge is -2.28. The SMILES string of the molecule is CC(C)COc1ncccc1C(=O)N1CCc2cncnc2C1. The first-order valence-electron chi connectivity index (χ1n) is 7.80. The molecule has 6 nitrogen and oxygen atoms in total. The summed E-state index contributed by atoms with van der Waals surface area (Å²) in [6.07, 6.45) is 5.76. The summed E-state index contributed by atoms with van der Waals surface area (Å²) in [5, 5.41) is 0. The number of amides is 1. The molecule has 1 aliphatic heterocycles. The highest BCUT2D eigenvalue weighted by Crippen LogP contribution is 2.22. The Hall–Kier alpha value is -2.50. The minimum atomic E-state index is -0.0684. The molecule has 0 radical (unpaired) electrons. The summed E-state index contributed by atoms with van der Waals surface area (Å²) in [6, 6.07) is 3.52. The van der Waals surface area contributed by atoms with Gasteiger partial charge in [0.05, 0.1) is 18.8 Å². The van der Waals surface area contributed by atoms with Crippen LogP contribution in [0, 0.1) is 5.92 Å². The van der Waals surface area contributed by atoms with Gasteiger partial charge < -0.3 is 9.64 Å². The zero-order valence-electron chi connectivity index (χ0n) is 13.4. The van der Waals surface area contributed by atoms with Crippen molar-refractivity contribution >= 4 is 5.91 Å². The van der Waals surface area contributed by atoms with Crippen LogP contribution in [-0.2, 0) is 13.0 Å². The van der Waals surface area contributed by atoms with Gasteiger partial charge in [0.2, 0.25) is 5.88 Å². The highest BCUT2D eigenvalue weighted by Gasteiger charge is 2.25. The molecule has 2 aromatic rings. The van der Waals surface area contributed by atoms with E-state index >= 15 is 0 Å². The van der Waals surface area contributed by atoms with E-state index in [1.165, 1.54) is 6.33 Å². The van der Waals surface area contributed by atoms with Crippen LogP contribution in [0.25, 0.3) is 0 Å². The second-order valence-corrected chi connectivity index (χ2v) is 6.03. The van der Waals surface area contributed by atoms with E-state index in [0.717, 1.165) is 17.7 Å². The predicted molar refractivity (Wildman–Crippen MR) is 85.0 cm³/mol. The predicted octanol–water partition coefficient (Wildman–Crippen LogP) is 2.10. The van der Waals surface area contributed by atoms with Gasteiger partial charge in [-0.05, 0) is 30.0 Å². The van der Waals surface area contributed by atoms with Gasteiger partial charge in [0.25, 0.3) is 5.91 Å². The third-order valence-electron chi connectivity index (χ3n) is 3.72. The number of hydrogen-bond donors (Lipinski definition) is 0. The van der Waals surface area contributed by atoms with Gasteiger partial charge in [-0.2, -0.15) is 0 Å². The number of rotatable bonds is 4. The molecule has 0 aliphatic carbocycles. The maximum absolute atomic E-state index is 12.8. The summed E-state index contributed by atoms with van der Waals surface area (Å²) in [6.45, 7) is 5.80. The molecular weight excluding hydrogens is 292 g/mol. The summed E-state index contributed by atoms with van der Waals surface area (Å²) in [7, 11) is 0. The molecule has 0 bridgehead atoms. The Kier molecular flexibility index (Phi) is 4.50. The molecule has 3 rings (SSSR count). The Balaban J connectivity index is 1.79. The number of nitrogens with zero attached hydrogens (tertiary/aromatic N) is 4. The third-order valence-corrected chi connectivity index (χ3v) is 3.72. The molecule has 23 heavy (non-hydrogen) atoms. The van der Waals surface area contributed by atoms with Crippen LogP contribution in [0.2, 0.25) is 0 Å². The average molecular weight is 312 g/mol. The molecule has 0 atom stereocenters. The standard InChI is InChI=1S/C17H20N4O2/c1-12(2)10-23-16-14(4-3-6-19-16)17(22)21-7-5-13-8-18-11-20-15(13)9-21/h3-4,6,8,11-12H,5,7,9-10H2,1-2H3. The minimum absolute atomic E-state index is 0.0684. The van der Waals surface area contributed by atoms with Crippen molar-refractivity contribution < 1.29 is 9.53 Å². The molecule has 2 aromatic heterocycles. The maximum Gasteiger partial charge on any atom is 0.259 e. The molecular formula is C17H20N4O2. The van der Waals surface area contributed by atoms with Crippen molar-refractivity contribution in [3.8, 4) is 5.88 Å². The van der Waals surface area contributed by atoms with E-state index in [1.54, 1.807) is 23.2 Å². The molecule has 0 saturated heterocycles. The average Bonchev–Trinajstić information content (AvgIpc) is 2.59. The van der Waals surface area contributed by atoms with Crippen molar-refractivity contribution in [3.05, 3.63) is 47.7 Å². The van der Waals surface area contributed by atoms with Crippen molar-refractivity contribution in [1.82, 2.24) is 19.9 Å². The van der Waals surface area contributed by atoms with E-state index in [9.17, 15) is 4.79 Å². The fourth-order valence-corrected chi connectivity index (χ4v) is 2.51. The Bertz CT molecular complexity index is 702. The second kappa shape index (κ2) is 6.73. The first-order valence-corrected chi connectivity index (χ1v) is 7.80. The number of carbonyl (C=O) groups is 1. The Morgan fingerprint density at radius 2 is 2.26 bits per heavy atom. The smallest absolute Gasteiger partial charge is 0.259 e. The fourth-order valence-electron chi connectivity index (χ4n) is 2.51. The Morgan fingerprint density at radius 3 is 3.09 bits per heavy atom. The Morgan fingerprint density at radius 1 is 1.39 bits per heavy atom. The molecule has 1 amide bonds. The lowest BCUT2D eigenvalue weighted by molar-refractivity contribution is 0.0725. The van der Waals surface area contributed by atoms with Crippen LogP contribution in [0.1, 0.15) is 35.5 Å². The largest absolute Gasteiger partial charge is 0.477 e. The first kappa shape index (κ1) is 15.4. The van der Waals surface area contributed by atoms with Crippen LogP contribution in [0.15, 0.2) is 30.9 Å². The molecule has 0 spiro atoms. The van der Waals surface area contributed by atoms with Gasteiger partial charge in [-0.15, -0.1) is 0 Å². The Labute approximate surface area is 135 Å². The van der Waals surface area contributed by atoms with E-state index < -0.39 is 0 Å². The lowest BCUT2D eigenvalue weighted by atomic mass is 10.1. The molecule has 0 unspecified atom stereocenters. The van der Waals surface area contributed by atoms with E-state index in [4.69, 9.17) is 4.74 Å². The fraction of sp³-hybridized carbons (Fsp3) is 0.412. The molecule has 1 aliphatic rings. The molecule has 6 heteroatoms. The quantitative estimate of drug-likeness (QED) is 0.865. The monoisotopic (exact) mass is 312 g/mol. The van der Waals surface area contributed by atoms with Crippen LogP contribution < -0.4 is 4.74 Å². The summed E-state index contributed by atoms with van der Waals surface area (Å²) in [5.74, 6) is 0.708. The number of aromatic nitrogens is 3. The van der Waals surface area contributed by atoms with Gasteiger partial charge in [0.15, 0.2) is 0 Å². The molecule has 0 N–H and O–H groups in total. The molecule has 0 saturated carbocycles. The number of ether oxygens (including phenoxy) is 1. The number of carbonyl (C=O) groups excluding carboxylic acids is 1. The minimum Gasteiger partial charge on any atom is -0.477 e. The van der Waals surface area contributed by atoms with Crippen LogP contribution in [0.5, 0.6) is 5.88 Å². The highest BCUT2D eigenvalue weighted by molar-refractivity contribution is 5.96. The number of pyridine rings is 1. The normalized spacial score (nSPS) is 13.8. The molecule has 0 aromatic carbocycles. The van der Waals surface area contributed by atoms with E-state index in [-0.39, 0.29) is 5.91 Å². The zero-order valence-corrected chi connectivity index (χ0v) is 13.4. The van der Waals surface area contributed by atoms with E-state index in [0.29, 0.717) is 37.1 Å². The van der Waals surface area contributed by atoms with Crippen molar-refractivity contribution in [2.75, 3.05) is 13.2 Å². The zero-order chi connectivity index (χ0) is 16.2. The summed E-state index contributed by atoms with van der Waals surface area (Å²) >= 11 is 0. The topological polar surface area (TPSA) is 68.2 Å². The third kappa shape index (κ3) is 3.47.